The highest BCUT2D eigenvalue weighted by atomic mass is 35.5. The van der Waals surface area contributed by atoms with E-state index >= 15 is 0 Å². The maximum absolute atomic E-state index is 10.1. The summed E-state index contributed by atoms with van der Waals surface area (Å²) < 4.78 is 0. The lowest BCUT2D eigenvalue weighted by Crippen LogP contribution is -1.95. The Labute approximate surface area is 80.5 Å². The number of hydrogen-bond donors (Lipinski definition) is 1. The molecule has 0 fully saturated rings. The van der Waals surface area contributed by atoms with Crippen molar-refractivity contribution in [1.29, 1.82) is 0 Å². The van der Waals surface area contributed by atoms with Crippen molar-refractivity contribution in [3.63, 3.8) is 0 Å². The molecule has 13 heavy (non-hydrogen) atoms. The summed E-state index contributed by atoms with van der Waals surface area (Å²) in [5.74, 6) is 0.226. The number of rotatable bonds is 3. The molecule has 0 saturated carbocycles. The molecule has 0 amide bonds. The fourth-order valence-electron chi connectivity index (χ4n) is 1.04. The van der Waals surface area contributed by atoms with Crippen molar-refractivity contribution in [2.24, 2.45) is 5.18 Å². The lowest BCUT2D eigenvalue weighted by Gasteiger charge is -2.07. The number of hydrogen-bond acceptors (Lipinski definition) is 4. The zero-order valence-corrected chi connectivity index (χ0v) is 7.88. The molecular weight excluding hydrogens is 192 g/mol. The van der Waals surface area contributed by atoms with Crippen LogP contribution in [-0.2, 0) is 12.4 Å². The summed E-state index contributed by atoms with van der Waals surface area (Å²) in [5, 5.41) is 12.2. The van der Waals surface area contributed by atoms with Gasteiger partial charge in [-0.1, -0.05) is 5.18 Å². The molecule has 0 bridgehead atoms. The van der Waals surface area contributed by atoms with Crippen LogP contribution >= 0.6 is 11.6 Å². The van der Waals surface area contributed by atoms with Gasteiger partial charge in [0.15, 0.2) is 0 Å². The quantitative estimate of drug-likeness (QED) is 0.600. The van der Waals surface area contributed by atoms with Gasteiger partial charge in [0.1, 0.15) is 12.3 Å². The van der Waals surface area contributed by atoms with E-state index in [1.165, 1.54) is 0 Å². The van der Waals surface area contributed by atoms with Gasteiger partial charge in [-0.25, -0.2) is 0 Å². The average molecular weight is 201 g/mol. The Morgan fingerprint density at radius 1 is 1.69 bits per heavy atom. The smallest absolute Gasteiger partial charge is 0.142 e. The first kappa shape index (κ1) is 9.92. The highest BCUT2D eigenvalue weighted by molar-refractivity contribution is 6.17. The molecule has 0 aliphatic rings. The van der Waals surface area contributed by atoms with Gasteiger partial charge in [0.05, 0.1) is 5.69 Å². The first-order chi connectivity index (χ1) is 6.20. The van der Waals surface area contributed by atoms with Crippen molar-refractivity contribution in [2.75, 3.05) is 0 Å². The topological polar surface area (TPSA) is 62.5 Å². The summed E-state index contributed by atoms with van der Waals surface area (Å²) in [6.45, 7) is 1.58. The Balaban J connectivity index is 3.23. The van der Waals surface area contributed by atoms with Gasteiger partial charge in [0.25, 0.3) is 0 Å². The Hall–Kier alpha value is -1.16. The van der Waals surface area contributed by atoms with Crippen molar-refractivity contribution >= 4 is 11.6 Å². The molecule has 4 nitrogen and oxygen atoms in total. The van der Waals surface area contributed by atoms with E-state index in [0.717, 1.165) is 0 Å². The fraction of sp³-hybridized carbons (Fsp3) is 0.375. The highest BCUT2D eigenvalue weighted by Crippen LogP contribution is 2.25. The Morgan fingerprint density at radius 2 is 2.38 bits per heavy atom. The summed E-state index contributed by atoms with van der Waals surface area (Å²) in [5.41, 5.74) is 1.59. The Kier molecular flexibility index (Phi) is 3.19. The minimum absolute atomic E-state index is 0.0118. The van der Waals surface area contributed by atoms with E-state index in [-0.39, 0.29) is 18.2 Å². The number of aromatic hydroxyl groups is 1. The molecule has 0 aromatic carbocycles. The molecule has 1 N–H and O–H groups in total. The first-order valence-corrected chi connectivity index (χ1v) is 4.25. The van der Waals surface area contributed by atoms with Gasteiger partial charge in [-0.3, -0.25) is 4.98 Å². The molecule has 0 radical (unpaired) electrons. The monoisotopic (exact) mass is 200 g/mol. The molecule has 0 spiro atoms. The zero-order valence-electron chi connectivity index (χ0n) is 7.12. The maximum Gasteiger partial charge on any atom is 0.142 e. The van der Waals surface area contributed by atoms with Crippen molar-refractivity contribution in [3.8, 4) is 5.75 Å². The molecule has 5 heteroatoms. The number of aryl methyl sites for hydroxylation is 1. The average Bonchev–Trinajstić information content (AvgIpc) is 2.14. The number of aromatic nitrogens is 1. The first-order valence-electron chi connectivity index (χ1n) is 3.72. The third-order valence-electron chi connectivity index (χ3n) is 1.80. The van der Waals surface area contributed by atoms with E-state index in [9.17, 15) is 10.0 Å². The number of pyridine rings is 1. The largest absolute Gasteiger partial charge is 0.506 e. The van der Waals surface area contributed by atoms with Crippen LogP contribution in [0.5, 0.6) is 5.75 Å². The second-order valence-electron chi connectivity index (χ2n) is 2.62. The summed E-state index contributed by atoms with van der Waals surface area (Å²) in [6, 6.07) is 0. The van der Waals surface area contributed by atoms with Crippen LogP contribution in [0.3, 0.4) is 0 Å². The lowest BCUT2D eigenvalue weighted by molar-refractivity contribution is 0.459. The predicted octanol–water partition coefficient (Wildman–Crippen LogP) is 2.10. The van der Waals surface area contributed by atoms with Crippen LogP contribution in [0, 0.1) is 11.8 Å². The molecule has 0 aliphatic heterocycles. The molecule has 0 atom stereocenters. The van der Waals surface area contributed by atoms with E-state index < -0.39 is 0 Å². The van der Waals surface area contributed by atoms with E-state index in [2.05, 4.69) is 10.2 Å². The molecule has 0 saturated heterocycles. The fourth-order valence-corrected chi connectivity index (χ4v) is 1.27. The molecule has 1 rings (SSSR count). The predicted molar refractivity (Wildman–Crippen MR) is 49.7 cm³/mol. The minimum atomic E-state index is -0.0722. The van der Waals surface area contributed by atoms with Crippen LogP contribution in [0.4, 0.5) is 0 Å². The van der Waals surface area contributed by atoms with E-state index in [0.29, 0.717) is 16.8 Å². The summed E-state index contributed by atoms with van der Waals surface area (Å²) in [7, 11) is 0. The van der Waals surface area contributed by atoms with E-state index in [1.807, 2.05) is 0 Å². The number of alkyl halides is 1. The highest BCUT2D eigenvalue weighted by Gasteiger charge is 2.10. The van der Waals surface area contributed by atoms with Gasteiger partial charge < -0.3 is 5.11 Å². The second kappa shape index (κ2) is 4.18. The Morgan fingerprint density at radius 3 is 2.92 bits per heavy atom. The Bertz CT molecular complexity index is 328. The van der Waals surface area contributed by atoms with E-state index in [4.69, 9.17) is 11.6 Å². The van der Waals surface area contributed by atoms with Gasteiger partial charge in [-0.2, -0.15) is 4.91 Å². The molecule has 0 unspecified atom stereocenters. The van der Waals surface area contributed by atoms with E-state index in [1.54, 1.807) is 13.1 Å². The van der Waals surface area contributed by atoms with Crippen LogP contribution in [0.2, 0.25) is 0 Å². The third-order valence-corrected chi connectivity index (χ3v) is 2.08. The molecule has 0 aliphatic carbocycles. The van der Waals surface area contributed by atoms with Gasteiger partial charge >= 0.3 is 0 Å². The van der Waals surface area contributed by atoms with Crippen molar-refractivity contribution < 1.29 is 5.11 Å². The van der Waals surface area contributed by atoms with Crippen LogP contribution in [-0.4, -0.2) is 10.1 Å². The van der Waals surface area contributed by atoms with Crippen LogP contribution in [0.1, 0.15) is 16.8 Å². The number of nitrogens with zero attached hydrogens (tertiary/aromatic N) is 2. The third kappa shape index (κ3) is 1.95. The molecule has 1 aromatic heterocycles. The van der Waals surface area contributed by atoms with Crippen LogP contribution in [0.25, 0.3) is 0 Å². The summed E-state index contributed by atoms with van der Waals surface area (Å²) in [4.78, 5) is 14.0. The second-order valence-corrected chi connectivity index (χ2v) is 2.88. The molecule has 1 heterocycles. The van der Waals surface area contributed by atoms with Gasteiger partial charge in [0, 0.05) is 17.6 Å². The molecular formula is C8H9ClN2O2. The SMILES string of the molecule is Cc1ncc(CCl)c(CN=O)c1O. The minimum Gasteiger partial charge on any atom is -0.506 e. The van der Waals surface area contributed by atoms with Gasteiger partial charge in [0.2, 0.25) is 0 Å². The van der Waals surface area contributed by atoms with Crippen LogP contribution < -0.4 is 0 Å². The summed E-state index contributed by atoms with van der Waals surface area (Å²) in [6.07, 6.45) is 1.54. The normalized spacial score (nSPS) is 10.0. The van der Waals surface area contributed by atoms with Gasteiger partial charge in [-0.05, 0) is 12.5 Å². The van der Waals surface area contributed by atoms with Crippen LogP contribution in [0.15, 0.2) is 11.4 Å². The van der Waals surface area contributed by atoms with Crippen molar-refractivity contribution in [2.45, 2.75) is 19.3 Å². The molecule has 1 aromatic rings. The standard InChI is InChI=1S/C8H9ClN2O2/c1-5-8(12)7(4-11-13)6(2-9)3-10-5/h3,12H,2,4H2,1H3. The number of halogens is 1. The lowest BCUT2D eigenvalue weighted by atomic mass is 10.1. The maximum atomic E-state index is 10.1. The van der Waals surface area contributed by atoms with Gasteiger partial charge in [-0.15, -0.1) is 11.6 Å². The zero-order chi connectivity index (χ0) is 9.84. The number of nitroso groups, excluding NO2 is 1. The van der Waals surface area contributed by atoms with Crippen molar-refractivity contribution in [3.05, 3.63) is 27.9 Å². The van der Waals surface area contributed by atoms with Crippen molar-refractivity contribution in [1.82, 2.24) is 4.98 Å². The molecule has 70 valence electrons. The summed E-state index contributed by atoms with van der Waals surface area (Å²) >= 11 is 5.60.